The first-order valence-electron chi connectivity index (χ1n) is 11.3. The number of nitrogens with one attached hydrogen (secondary N) is 1. The van der Waals surface area contributed by atoms with Crippen molar-refractivity contribution in [1.29, 1.82) is 0 Å². The molecule has 0 saturated carbocycles. The highest BCUT2D eigenvalue weighted by atomic mass is 32.2. The number of ether oxygens (including phenoxy) is 1. The van der Waals surface area contributed by atoms with Crippen LogP contribution in [0.2, 0.25) is 0 Å². The quantitative estimate of drug-likeness (QED) is 0.376. The number of esters is 1. The lowest BCUT2D eigenvalue weighted by molar-refractivity contribution is -0.128. The zero-order valence-corrected chi connectivity index (χ0v) is 21.4. The van der Waals surface area contributed by atoms with Crippen LogP contribution in [0.4, 0.5) is 11.4 Å². The van der Waals surface area contributed by atoms with Gasteiger partial charge in [-0.1, -0.05) is 17.8 Å². The van der Waals surface area contributed by atoms with Gasteiger partial charge in [0.2, 0.25) is 11.8 Å². The number of anilines is 1. The smallest absolute Gasteiger partial charge is 0.338 e. The summed E-state index contributed by atoms with van der Waals surface area (Å²) >= 11 is 2.73. The highest BCUT2D eigenvalue weighted by Gasteiger charge is 2.39. The Balaban J connectivity index is 1.49. The lowest BCUT2D eigenvalue weighted by Gasteiger charge is -2.15. The van der Waals surface area contributed by atoms with Gasteiger partial charge in [-0.25, -0.2) is 14.6 Å². The van der Waals surface area contributed by atoms with Gasteiger partial charge in [0, 0.05) is 17.0 Å². The minimum Gasteiger partial charge on any atom is -0.478 e. The van der Waals surface area contributed by atoms with Gasteiger partial charge in [0.25, 0.3) is 0 Å². The summed E-state index contributed by atoms with van der Waals surface area (Å²) in [4.78, 5) is 56.1. The zero-order chi connectivity index (χ0) is 26.4. The molecule has 2 amide bonds. The van der Waals surface area contributed by atoms with Crippen molar-refractivity contribution in [2.24, 2.45) is 4.99 Å². The molecule has 0 bridgehead atoms. The summed E-state index contributed by atoms with van der Waals surface area (Å²) in [6, 6.07) is 16.2. The molecule has 0 spiro atoms. The lowest BCUT2D eigenvalue weighted by atomic mass is 10.2. The molecular weight excluding hydrogens is 514 g/mol. The monoisotopic (exact) mass is 537 g/mol. The van der Waals surface area contributed by atoms with E-state index in [1.54, 1.807) is 36.1 Å². The summed E-state index contributed by atoms with van der Waals surface area (Å²) in [6.45, 7) is 2.35. The topological polar surface area (TPSA) is 125 Å². The first-order valence-corrected chi connectivity index (χ1v) is 13.1. The van der Waals surface area contributed by atoms with Crippen LogP contribution in [0.3, 0.4) is 0 Å². The van der Waals surface area contributed by atoms with E-state index in [1.165, 1.54) is 47.4 Å². The third-order valence-corrected chi connectivity index (χ3v) is 7.34. The van der Waals surface area contributed by atoms with E-state index in [2.05, 4.69) is 10.3 Å². The summed E-state index contributed by atoms with van der Waals surface area (Å²) in [7, 11) is 0. The fraction of sp³-hybridized carbons (Fsp3) is 0.192. The average Bonchev–Trinajstić information content (AvgIpc) is 3.49. The third-order valence-electron chi connectivity index (χ3n) is 5.30. The second-order valence-corrected chi connectivity index (χ2v) is 10.1. The number of aromatic carboxylic acids is 1. The molecule has 1 saturated heterocycles. The van der Waals surface area contributed by atoms with Crippen LogP contribution in [0, 0.1) is 0 Å². The number of amides is 2. The summed E-state index contributed by atoms with van der Waals surface area (Å²) in [5, 5.41) is 13.4. The number of hydrogen-bond acceptors (Lipinski definition) is 8. The van der Waals surface area contributed by atoms with Gasteiger partial charge in [0.05, 0.1) is 30.0 Å². The van der Waals surface area contributed by atoms with Crippen LogP contribution in [0.1, 0.15) is 38.9 Å². The van der Waals surface area contributed by atoms with Gasteiger partial charge in [-0.15, -0.1) is 11.3 Å². The Morgan fingerprint density at radius 2 is 1.76 bits per heavy atom. The molecule has 2 aromatic carbocycles. The highest BCUT2D eigenvalue weighted by Crippen LogP contribution is 2.33. The molecule has 2 N–H and O–H groups in total. The van der Waals surface area contributed by atoms with E-state index in [-0.39, 0.29) is 30.4 Å². The fourth-order valence-electron chi connectivity index (χ4n) is 3.50. The predicted octanol–water partition coefficient (Wildman–Crippen LogP) is 4.78. The lowest BCUT2D eigenvalue weighted by Crippen LogP contribution is -2.32. The molecule has 37 heavy (non-hydrogen) atoms. The van der Waals surface area contributed by atoms with E-state index >= 15 is 0 Å². The van der Waals surface area contributed by atoms with Crippen LogP contribution in [0.15, 0.2) is 71.0 Å². The maximum Gasteiger partial charge on any atom is 0.338 e. The van der Waals surface area contributed by atoms with Crippen LogP contribution in [-0.4, -0.2) is 50.8 Å². The Morgan fingerprint density at radius 1 is 1.05 bits per heavy atom. The number of carbonyl (C=O) groups is 4. The molecule has 9 nitrogen and oxygen atoms in total. The maximum absolute atomic E-state index is 13.3. The van der Waals surface area contributed by atoms with Gasteiger partial charge in [-0.05, 0) is 66.9 Å². The van der Waals surface area contributed by atoms with Gasteiger partial charge in [0.15, 0.2) is 5.17 Å². The van der Waals surface area contributed by atoms with Crippen LogP contribution in [-0.2, 0) is 20.9 Å². The SMILES string of the molecule is CCOC(=O)c1ccc(N=C2SC(CC(=O)Nc3ccc(C(=O)O)cc3)C(=O)N2Cc2cccs2)cc1. The number of thioether (sulfide) groups is 1. The Hall–Kier alpha value is -3.96. The van der Waals surface area contributed by atoms with E-state index in [4.69, 9.17) is 9.84 Å². The minimum atomic E-state index is -1.06. The van der Waals surface area contributed by atoms with Crippen LogP contribution < -0.4 is 5.32 Å². The molecule has 1 atom stereocenters. The van der Waals surface area contributed by atoms with Crippen molar-refractivity contribution in [3.8, 4) is 0 Å². The minimum absolute atomic E-state index is 0.0774. The van der Waals surface area contributed by atoms with Crippen LogP contribution in [0.5, 0.6) is 0 Å². The van der Waals surface area contributed by atoms with E-state index in [1.807, 2.05) is 17.5 Å². The molecule has 190 valence electrons. The van der Waals surface area contributed by atoms with E-state index in [0.29, 0.717) is 28.7 Å². The fourth-order valence-corrected chi connectivity index (χ4v) is 5.35. The predicted molar refractivity (Wildman–Crippen MR) is 142 cm³/mol. The number of carboxylic acid groups (broad SMARTS) is 1. The first-order chi connectivity index (χ1) is 17.8. The standard InChI is InChI=1S/C26H23N3O6S2/c1-2-35-25(34)17-7-11-19(12-8-17)28-26-29(15-20-4-3-13-36-20)23(31)21(37-26)14-22(30)27-18-9-5-16(6-10-18)24(32)33/h3-13,21H,2,14-15H2,1H3,(H,27,30)(H,32,33). The van der Waals surface area contributed by atoms with Crippen molar-refractivity contribution in [1.82, 2.24) is 4.90 Å². The molecule has 11 heteroatoms. The van der Waals surface area contributed by atoms with Crippen molar-refractivity contribution < 1.29 is 29.0 Å². The van der Waals surface area contributed by atoms with E-state index in [0.717, 1.165) is 4.88 Å². The second kappa shape index (κ2) is 11.8. The Morgan fingerprint density at radius 3 is 2.38 bits per heavy atom. The van der Waals surface area contributed by atoms with Crippen molar-refractivity contribution >= 4 is 63.4 Å². The van der Waals surface area contributed by atoms with Crippen molar-refractivity contribution in [3.63, 3.8) is 0 Å². The normalized spacial score (nSPS) is 16.1. The zero-order valence-electron chi connectivity index (χ0n) is 19.7. The number of thiophene rings is 1. The number of carbonyl (C=O) groups excluding carboxylic acids is 3. The van der Waals surface area contributed by atoms with Gasteiger partial charge < -0.3 is 15.2 Å². The molecule has 1 aliphatic rings. The summed E-state index contributed by atoms with van der Waals surface area (Å²) < 4.78 is 5.01. The Kier molecular flexibility index (Phi) is 8.36. The van der Waals surface area contributed by atoms with Crippen molar-refractivity contribution in [3.05, 3.63) is 82.0 Å². The molecule has 1 fully saturated rings. The number of amidine groups is 1. The summed E-state index contributed by atoms with van der Waals surface area (Å²) in [5.74, 6) is -2.07. The number of benzene rings is 2. The van der Waals surface area contributed by atoms with Gasteiger partial charge >= 0.3 is 11.9 Å². The molecule has 1 unspecified atom stereocenters. The van der Waals surface area contributed by atoms with Crippen molar-refractivity contribution in [2.75, 3.05) is 11.9 Å². The largest absolute Gasteiger partial charge is 0.478 e. The number of carboxylic acids is 1. The van der Waals surface area contributed by atoms with Gasteiger partial charge in [0.1, 0.15) is 5.25 Å². The second-order valence-electron chi connectivity index (χ2n) is 7.91. The Bertz CT molecular complexity index is 1320. The first kappa shape index (κ1) is 26.1. The van der Waals surface area contributed by atoms with Crippen LogP contribution in [0.25, 0.3) is 0 Å². The summed E-state index contributed by atoms with van der Waals surface area (Å²) in [6.07, 6.45) is -0.0774. The van der Waals surface area contributed by atoms with Crippen molar-refractivity contribution in [2.45, 2.75) is 25.1 Å². The number of aliphatic imine (C=N–C) groups is 1. The molecule has 2 heterocycles. The van der Waals surface area contributed by atoms with Gasteiger partial charge in [-0.3, -0.25) is 14.5 Å². The molecular formula is C26H23N3O6S2. The van der Waals surface area contributed by atoms with Crippen LogP contribution >= 0.6 is 23.1 Å². The molecule has 1 aromatic heterocycles. The highest BCUT2D eigenvalue weighted by molar-refractivity contribution is 8.15. The van der Waals surface area contributed by atoms with E-state index in [9.17, 15) is 19.2 Å². The molecule has 4 rings (SSSR count). The number of rotatable bonds is 9. The average molecular weight is 538 g/mol. The number of nitrogens with zero attached hydrogens (tertiary/aromatic N) is 2. The molecule has 0 radical (unpaired) electrons. The molecule has 3 aromatic rings. The molecule has 1 aliphatic heterocycles. The maximum atomic E-state index is 13.3. The Labute approximate surface area is 221 Å². The molecule has 0 aliphatic carbocycles. The number of hydrogen-bond donors (Lipinski definition) is 2. The van der Waals surface area contributed by atoms with E-state index < -0.39 is 17.2 Å². The van der Waals surface area contributed by atoms with Gasteiger partial charge in [-0.2, -0.15) is 0 Å². The summed E-state index contributed by atoms with van der Waals surface area (Å²) in [5.41, 5.74) is 1.52. The third kappa shape index (κ3) is 6.63.